The van der Waals surface area contributed by atoms with Crippen molar-refractivity contribution in [2.45, 2.75) is 27.2 Å². The third-order valence-electron chi connectivity index (χ3n) is 4.48. The van der Waals surface area contributed by atoms with Gasteiger partial charge in [-0.3, -0.25) is 4.79 Å². The van der Waals surface area contributed by atoms with Crippen LogP contribution in [-0.2, 0) is 11.2 Å². The van der Waals surface area contributed by atoms with E-state index >= 15 is 0 Å². The van der Waals surface area contributed by atoms with Crippen LogP contribution in [0.4, 0.5) is 4.79 Å². The number of hydrogen-bond donors (Lipinski definition) is 3. The molecule has 0 saturated carbocycles. The van der Waals surface area contributed by atoms with Crippen molar-refractivity contribution in [3.8, 4) is 0 Å². The van der Waals surface area contributed by atoms with Crippen LogP contribution in [0, 0.1) is 11.3 Å². The van der Waals surface area contributed by atoms with Crippen LogP contribution in [0.1, 0.15) is 26.3 Å². The molecule has 0 aliphatic rings. The number of nitrogens with one attached hydrogen (secondary N) is 1. The molecule has 1 atom stereocenters. The molecule has 0 aliphatic carbocycles. The van der Waals surface area contributed by atoms with Gasteiger partial charge in [0.05, 0.1) is 12.5 Å². The molecule has 3 N–H and O–H groups in total. The van der Waals surface area contributed by atoms with E-state index in [4.69, 9.17) is 16.7 Å². The number of aliphatic carboxylic acids is 1. The van der Waals surface area contributed by atoms with Crippen LogP contribution in [-0.4, -0.2) is 53.4 Å². The quantitative estimate of drug-likeness (QED) is 0.623. The molecular weight excluding hydrogens is 344 g/mol. The number of carboxylic acid groups (broad SMARTS) is 1. The first-order valence-corrected chi connectivity index (χ1v) is 8.66. The fraction of sp³-hybridized carbons (Fsp3) is 0.556. The molecule has 0 aromatic heterocycles. The Kier molecular flexibility index (Phi) is 8.19. The van der Waals surface area contributed by atoms with Crippen LogP contribution < -0.4 is 5.32 Å². The van der Waals surface area contributed by atoms with Crippen molar-refractivity contribution < 1.29 is 19.8 Å². The average Bonchev–Trinajstić information content (AvgIpc) is 2.57. The number of hydrogen-bond acceptors (Lipinski definition) is 3. The fourth-order valence-corrected chi connectivity index (χ4v) is 2.38. The first kappa shape index (κ1) is 21.3. The number of carbonyl (C=O) groups is 2. The second-order valence-electron chi connectivity index (χ2n) is 6.79. The number of nitrogens with zero attached hydrogens (tertiary/aromatic N) is 1. The fourth-order valence-electron chi connectivity index (χ4n) is 2.25. The number of aliphatic hydroxyl groups is 1. The zero-order chi connectivity index (χ0) is 19.0. The Morgan fingerprint density at radius 3 is 2.36 bits per heavy atom. The zero-order valence-electron chi connectivity index (χ0n) is 15.0. The topological polar surface area (TPSA) is 89.9 Å². The van der Waals surface area contributed by atoms with Crippen molar-refractivity contribution in [1.82, 2.24) is 10.2 Å². The van der Waals surface area contributed by atoms with Crippen LogP contribution in [0.2, 0.25) is 5.02 Å². The van der Waals surface area contributed by atoms with Crippen molar-refractivity contribution in [2.75, 3.05) is 26.2 Å². The number of benzene rings is 1. The Balaban J connectivity index is 2.60. The minimum Gasteiger partial charge on any atom is -0.481 e. The van der Waals surface area contributed by atoms with Gasteiger partial charge < -0.3 is 20.4 Å². The normalized spacial score (nSPS) is 12.5. The average molecular weight is 371 g/mol. The molecule has 0 radical (unpaired) electrons. The number of amides is 2. The molecule has 2 amide bonds. The molecule has 1 aromatic carbocycles. The lowest BCUT2D eigenvalue weighted by atomic mass is 9.80. The Hall–Kier alpha value is -1.79. The highest BCUT2D eigenvalue weighted by atomic mass is 35.5. The maximum absolute atomic E-state index is 12.4. The summed E-state index contributed by atoms with van der Waals surface area (Å²) < 4.78 is 0. The van der Waals surface area contributed by atoms with E-state index in [-0.39, 0.29) is 25.7 Å². The van der Waals surface area contributed by atoms with E-state index < -0.39 is 17.3 Å². The van der Waals surface area contributed by atoms with Gasteiger partial charge >= 0.3 is 12.0 Å². The maximum Gasteiger partial charge on any atom is 0.317 e. The lowest BCUT2D eigenvalue weighted by molar-refractivity contribution is -0.144. The van der Waals surface area contributed by atoms with Gasteiger partial charge in [-0.1, -0.05) is 44.5 Å². The van der Waals surface area contributed by atoms with Crippen molar-refractivity contribution in [2.24, 2.45) is 11.3 Å². The van der Waals surface area contributed by atoms with Crippen LogP contribution in [0.15, 0.2) is 24.3 Å². The van der Waals surface area contributed by atoms with Gasteiger partial charge in [-0.15, -0.1) is 0 Å². The zero-order valence-corrected chi connectivity index (χ0v) is 15.7. The highest BCUT2D eigenvalue weighted by Gasteiger charge is 2.32. The van der Waals surface area contributed by atoms with E-state index in [1.807, 2.05) is 12.1 Å². The molecule has 140 valence electrons. The van der Waals surface area contributed by atoms with E-state index in [1.165, 1.54) is 4.90 Å². The number of halogens is 1. The molecule has 0 bridgehead atoms. The lowest BCUT2D eigenvalue weighted by Gasteiger charge is -2.31. The summed E-state index contributed by atoms with van der Waals surface area (Å²) in [6, 6.07) is 7.07. The van der Waals surface area contributed by atoms with E-state index in [9.17, 15) is 14.7 Å². The number of rotatable bonds is 9. The SMILES string of the molecule is C[C@H](C(=O)O)C(C)(C)CNC(=O)N(CCO)CCc1ccc(Cl)cc1. The van der Waals surface area contributed by atoms with Crippen molar-refractivity contribution in [3.05, 3.63) is 34.9 Å². The summed E-state index contributed by atoms with van der Waals surface area (Å²) in [5.41, 5.74) is 0.461. The van der Waals surface area contributed by atoms with Gasteiger partial charge in [0, 0.05) is 24.7 Å². The molecule has 6 nitrogen and oxygen atoms in total. The summed E-state index contributed by atoms with van der Waals surface area (Å²) in [4.78, 5) is 25.1. The van der Waals surface area contributed by atoms with Crippen LogP contribution >= 0.6 is 11.6 Å². The highest BCUT2D eigenvalue weighted by molar-refractivity contribution is 6.30. The molecule has 0 unspecified atom stereocenters. The molecule has 1 rings (SSSR count). The summed E-state index contributed by atoms with van der Waals surface area (Å²) in [5.74, 6) is -1.48. The van der Waals surface area contributed by atoms with Gasteiger partial charge in [-0.2, -0.15) is 0 Å². The first-order chi connectivity index (χ1) is 11.7. The summed E-state index contributed by atoms with van der Waals surface area (Å²) in [5, 5.41) is 21.8. The Labute approximate surface area is 153 Å². The van der Waals surface area contributed by atoms with Gasteiger partial charge in [0.2, 0.25) is 0 Å². The predicted octanol–water partition coefficient (Wildman–Crippen LogP) is 2.63. The predicted molar refractivity (Wildman–Crippen MR) is 97.8 cm³/mol. The monoisotopic (exact) mass is 370 g/mol. The van der Waals surface area contributed by atoms with E-state index in [0.29, 0.717) is 18.0 Å². The first-order valence-electron chi connectivity index (χ1n) is 8.28. The second-order valence-corrected chi connectivity index (χ2v) is 7.23. The Bertz CT molecular complexity index is 575. The van der Waals surface area contributed by atoms with Crippen molar-refractivity contribution >= 4 is 23.6 Å². The number of aliphatic hydroxyl groups excluding tert-OH is 1. The number of carbonyl (C=O) groups excluding carboxylic acids is 1. The van der Waals surface area contributed by atoms with Gasteiger partial charge in [0.25, 0.3) is 0 Å². The van der Waals surface area contributed by atoms with E-state index in [1.54, 1.807) is 32.9 Å². The summed E-state index contributed by atoms with van der Waals surface area (Å²) in [7, 11) is 0. The van der Waals surface area contributed by atoms with Gasteiger partial charge in [0.1, 0.15) is 0 Å². The second kappa shape index (κ2) is 9.63. The smallest absolute Gasteiger partial charge is 0.317 e. The minimum absolute atomic E-state index is 0.136. The van der Waals surface area contributed by atoms with Crippen molar-refractivity contribution in [3.63, 3.8) is 0 Å². The minimum atomic E-state index is -0.894. The van der Waals surface area contributed by atoms with Crippen LogP contribution in [0.3, 0.4) is 0 Å². The summed E-state index contributed by atoms with van der Waals surface area (Å²) >= 11 is 5.86. The Morgan fingerprint density at radius 1 is 1.24 bits per heavy atom. The number of urea groups is 1. The third kappa shape index (κ3) is 6.92. The van der Waals surface area contributed by atoms with Crippen LogP contribution in [0.5, 0.6) is 0 Å². The molecule has 0 saturated heterocycles. The van der Waals surface area contributed by atoms with Gasteiger partial charge in [-0.25, -0.2) is 4.79 Å². The molecular formula is C18H27ClN2O4. The number of carboxylic acids is 1. The van der Waals surface area contributed by atoms with Gasteiger partial charge in [0.15, 0.2) is 0 Å². The molecule has 0 heterocycles. The van der Waals surface area contributed by atoms with Crippen molar-refractivity contribution in [1.29, 1.82) is 0 Å². The molecule has 1 aromatic rings. The van der Waals surface area contributed by atoms with E-state index in [2.05, 4.69) is 5.32 Å². The standard InChI is InChI=1S/C18H27ClN2O4/c1-13(16(23)24)18(2,3)12-20-17(25)21(10-11-22)9-8-14-4-6-15(19)7-5-14/h4-7,13,22H,8-12H2,1-3H3,(H,20,25)(H,23,24)/t13-/m1/s1. The molecule has 7 heteroatoms. The highest BCUT2D eigenvalue weighted by Crippen LogP contribution is 2.25. The maximum atomic E-state index is 12.4. The third-order valence-corrected chi connectivity index (χ3v) is 4.73. The largest absolute Gasteiger partial charge is 0.481 e. The van der Waals surface area contributed by atoms with E-state index in [0.717, 1.165) is 5.56 Å². The van der Waals surface area contributed by atoms with Crippen LogP contribution in [0.25, 0.3) is 0 Å². The lowest BCUT2D eigenvalue weighted by Crippen LogP contribution is -2.47. The molecule has 25 heavy (non-hydrogen) atoms. The molecule has 0 fully saturated rings. The molecule has 0 spiro atoms. The molecule has 0 aliphatic heterocycles. The Morgan fingerprint density at radius 2 is 1.84 bits per heavy atom. The van der Waals surface area contributed by atoms with Gasteiger partial charge in [-0.05, 0) is 29.5 Å². The summed E-state index contributed by atoms with van der Waals surface area (Å²) in [6.45, 7) is 6.00. The summed E-state index contributed by atoms with van der Waals surface area (Å²) in [6.07, 6.45) is 0.638.